The number of sulfonamides is 1. The second-order valence-corrected chi connectivity index (χ2v) is 18.4. The number of ether oxygens (including phenoxy) is 3. The van der Waals surface area contributed by atoms with Crippen molar-refractivity contribution in [3.8, 4) is 5.75 Å². The number of aliphatic hydroxyl groups is 1. The van der Waals surface area contributed by atoms with Gasteiger partial charge in [0.15, 0.2) is 0 Å². The first-order chi connectivity index (χ1) is 24.5. The van der Waals surface area contributed by atoms with E-state index in [0.29, 0.717) is 51.3 Å². The molecule has 5 aliphatic rings. The molecule has 6 atom stereocenters. The van der Waals surface area contributed by atoms with E-state index in [0.717, 1.165) is 75.7 Å². The van der Waals surface area contributed by atoms with Crippen LogP contribution in [0, 0.1) is 17.8 Å². The monoisotopic (exact) mass is 743 g/mol. The first-order valence-corrected chi connectivity index (χ1v) is 20.9. The van der Waals surface area contributed by atoms with E-state index in [1.54, 1.807) is 25.1 Å². The molecule has 2 fully saturated rings. The van der Waals surface area contributed by atoms with Crippen LogP contribution in [0.5, 0.6) is 5.75 Å². The molecule has 2 aliphatic carbocycles. The number of carbonyl (C=O) groups excluding carboxylic acids is 1. The minimum atomic E-state index is -3.96. The summed E-state index contributed by atoms with van der Waals surface area (Å²) >= 11 is 6.46. The van der Waals surface area contributed by atoms with E-state index < -0.39 is 26.8 Å². The summed E-state index contributed by atoms with van der Waals surface area (Å²) in [4.78, 5) is 18.2. The average Bonchev–Trinajstić information content (AvgIpc) is 3.24. The molecule has 0 unspecified atom stereocenters. The molecule has 1 amide bonds. The third kappa shape index (κ3) is 7.80. The van der Waals surface area contributed by atoms with E-state index in [1.807, 2.05) is 13.0 Å². The number of amides is 1. The fourth-order valence-electron chi connectivity index (χ4n) is 9.22. The maximum Gasteiger partial charge on any atom is 0.264 e. The van der Waals surface area contributed by atoms with Crippen molar-refractivity contribution in [1.29, 1.82) is 0 Å². The van der Waals surface area contributed by atoms with Crippen LogP contribution in [-0.2, 0) is 31.3 Å². The fourth-order valence-corrected chi connectivity index (χ4v) is 10.7. The summed E-state index contributed by atoms with van der Waals surface area (Å²) < 4.78 is 47.8. The number of rotatable bonds is 5. The predicted octanol–water partition coefficient (Wildman–Crippen LogP) is 5.19. The van der Waals surface area contributed by atoms with Gasteiger partial charge < -0.3 is 24.2 Å². The molecule has 0 radical (unpaired) electrons. The largest absolute Gasteiger partial charge is 0.490 e. The highest BCUT2D eigenvalue weighted by Crippen LogP contribution is 2.49. The van der Waals surface area contributed by atoms with Gasteiger partial charge in [0.05, 0.1) is 49.6 Å². The van der Waals surface area contributed by atoms with Crippen molar-refractivity contribution in [3.63, 3.8) is 0 Å². The lowest BCUT2D eigenvalue weighted by Gasteiger charge is -2.50. The maximum atomic E-state index is 13.6. The van der Waals surface area contributed by atoms with Crippen LogP contribution < -0.4 is 14.4 Å². The topological polar surface area (TPSA) is 118 Å². The lowest BCUT2D eigenvalue weighted by atomic mass is 9.63. The highest BCUT2D eigenvalue weighted by Gasteiger charge is 2.49. The van der Waals surface area contributed by atoms with Crippen LogP contribution in [0.3, 0.4) is 0 Å². The fraction of sp³-hybridized carbons (Fsp3) is 0.667. The van der Waals surface area contributed by atoms with Crippen LogP contribution in [0.1, 0.15) is 80.3 Å². The van der Waals surface area contributed by atoms with Crippen LogP contribution in [-0.4, -0.2) is 101 Å². The van der Waals surface area contributed by atoms with Gasteiger partial charge in [-0.05, 0) is 111 Å². The SMILES string of the molecule is C[C@@H]1[C@@H](C)CCC[C@@](O)(COCCN2CCOCC2)[C@@H]2CC[C@H]2CN2C[C@@]3(CCCc4cc(Cl)ccc43)COc3ccc(cc32)C(=O)NS1(=O)=O. The summed E-state index contributed by atoms with van der Waals surface area (Å²) in [5.41, 5.74) is 2.22. The smallest absolute Gasteiger partial charge is 0.264 e. The number of morpholine rings is 1. The molecular formula is C39H54ClN3O7S. The van der Waals surface area contributed by atoms with Crippen molar-refractivity contribution in [3.05, 3.63) is 58.1 Å². The zero-order chi connectivity index (χ0) is 35.8. The first kappa shape index (κ1) is 36.9. The Hall–Kier alpha value is -2.41. The number of fused-ring (bicyclic) bond motifs is 4. The Balaban J connectivity index is 1.22. The maximum absolute atomic E-state index is 13.6. The minimum Gasteiger partial charge on any atom is -0.490 e. The number of benzene rings is 2. The average molecular weight is 744 g/mol. The molecule has 2 bridgehead atoms. The van der Waals surface area contributed by atoms with E-state index in [4.69, 9.17) is 25.8 Å². The third-order valence-corrected chi connectivity index (χ3v) is 14.8. The number of nitrogens with one attached hydrogen (secondary N) is 1. The molecule has 3 aliphatic heterocycles. The molecule has 0 aromatic heterocycles. The van der Waals surface area contributed by atoms with Gasteiger partial charge in [-0.15, -0.1) is 0 Å². The number of hydrogen-bond donors (Lipinski definition) is 2. The number of carbonyl (C=O) groups is 1. The molecule has 280 valence electrons. The summed E-state index contributed by atoms with van der Waals surface area (Å²) in [6, 6.07) is 11.4. The number of aryl methyl sites for hydroxylation is 1. The molecule has 2 N–H and O–H groups in total. The van der Waals surface area contributed by atoms with Crippen molar-refractivity contribution in [1.82, 2.24) is 9.62 Å². The zero-order valence-electron chi connectivity index (χ0n) is 30.1. The van der Waals surface area contributed by atoms with E-state index in [1.165, 1.54) is 11.1 Å². The van der Waals surface area contributed by atoms with Crippen molar-refractivity contribution >= 4 is 33.2 Å². The van der Waals surface area contributed by atoms with Gasteiger partial charge in [0, 0.05) is 48.7 Å². The Kier molecular flexibility index (Phi) is 11.0. The molecule has 7 rings (SSSR count). The Bertz CT molecular complexity index is 1690. The predicted molar refractivity (Wildman–Crippen MR) is 198 cm³/mol. The van der Waals surface area contributed by atoms with Crippen LogP contribution >= 0.6 is 11.6 Å². The normalized spacial score (nSPS) is 32.9. The lowest BCUT2D eigenvalue weighted by Crippen LogP contribution is -2.55. The molecular weight excluding hydrogens is 690 g/mol. The Morgan fingerprint density at radius 2 is 1.88 bits per heavy atom. The number of halogens is 1. The van der Waals surface area contributed by atoms with E-state index in [-0.39, 0.29) is 35.3 Å². The van der Waals surface area contributed by atoms with Crippen LogP contribution in [0.15, 0.2) is 36.4 Å². The van der Waals surface area contributed by atoms with Crippen molar-refractivity contribution in [2.24, 2.45) is 17.8 Å². The zero-order valence-corrected chi connectivity index (χ0v) is 31.7. The number of anilines is 1. The Morgan fingerprint density at radius 3 is 2.67 bits per heavy atom. The Labute approximate surface area is 308 Å². The first-order valence-electron chi connectivity index (χ1n) is 18.9. The van der Waals surface area contributed by atoms with Gasteiger partial charge in [0.2, 0.25) is 10.0 Å². The molecule has 1 saturated carbocycles. The standard InChI is InChI=1S/C39H54ClN3O7S/c1-27-5-3-14-39(45,26-49-20-17-42-15-18-48-19-16-42)34-10-7-31(34)23-43-24-38(13-4-6-29-21-32(40)9-11-33(29)38)25-50-36-12-8-30(22-35(36)43)37(44)41-51(46,47)28(27)2/h8-9,11-12,21-22,27-28,31,34,45H,3-7,10,13-20,23-26H2,1-2H3,(H,41,44)/t27-,28+,31-,34+,38-,39+/m0/s1. The second kappa shape index (κ2) is 15.1. The highest BCUT2D eigenvalue weighted by molar-refractivity contribution is 7.90. The molecule has 2 aromatic rings. The summed E-state index contributed by atoms with van der Waals surface area (Å²) in [5, 5.41) is 12.5. The molecule has 10 nitrogen and oxygen atoms in total. The molecule has 3 heterocycles. The van der Waals surface area contributed by atoms with Gasteiger partial charge in [0.25, 0.3) is 5.91 Å². The summed E-state index contributed by atoms with van der Waals surface area (Å²) in [6.07, 6.45) is 6.60. The van der Waals surface area contributed by atoms with Gasteiger partial charge in [-0.1, -0.05) is 31.0 Å². The quantitative estimate of drug-likeness (QED) is 0.400. The van der Waals surface area contributed by atoms with Crippen molar-refractivity contribution in [2.45, 2.75) is 81.5 Å². The van der Waals surface area contributed by atoms with E-state index in [2.05, 4.69) is 26.7 Å². The summed E-state index contributed by atoms with van der Waals surface area (Å²) in [7, 11) is -3.96. The van der Waals surface area contributed by atoms with Crippen LogP contribution in [0.25, 0.3) is 0 Å². The van der Waals surface area contributed by atoms with Crippen molar-refractivity contribution < 1.29 is 32.5 Å². The van der Waals surface area contributed by atoms with Gasteiger partial charge in [0.1, 0.15) is 5.75 Å². The molecule has 1 spiro atoms. The van der Waals surface area contributed by atoms with Gasteiger partial charge in [-0.3, -0.25) is 9.69 Å². The number of hydrogen-bond acceptors (Lipinski definition) is 9. The molecule has 1 saturated heterocycles. The van der Waals surface area contributed by atoms with Gasteiger partial charge in [-0.25, -0.2) is 13.1 Å². The van der Waals surface area contributed by atoms with Gasteiger partial charge in [-0.2, -0.15) is 0 Å². The highest BCUT2D eigenvalue weighted by atomic mass is 35.5. The molecule has 51 heavy (non-hydrogen) atoms. The molecule has 2 aromatic carbocycles. The summed E-state index contributed by atoms with van der Waals surface area (Å²) in [5.74, 6) is 0.0555. The van der Waals surface area contributed by atoms with Crippen molar-refractivity contribution in [2.75, 3.05) is 70.7 Å². The third-order valence-electron chi connectivity index (χ3n) is 12.7. The summed E-state index contributed by atoms with van der Waals surface area (Å²) in [6.45, 7) is 10.2. The number of nitrogens with zero attached hydrogens (tertiary/aromatic N) is 2. The Morgan fingerprint density at radius 1 is 1.06 bits per heavy atom. The lowest BCUT2D eigenvalue weighted by molar-refractivity contribution is -0.134. The van der Waals surface area contributed by atoms with Crippen LogP contribution in [0.4, 0.5) is 5.69 Å². The van der Waals surface area contributed by atoms with E-state index in [9.17, 15) is 18.3 Å². The molecule has 12 heteroatoms. The second-order valence-electron chi connectivity index (χ2n) is 15.9. The minimum absolute atomic E-state index is 0.0257. The van der Waals surface area contributed by atoms with Crippen LogP contribution in [0.2, 0.25) is 5.02 Å². The van der Waals surface area contributed by atoms with Gasteiger partial charge >= 0.3 is 0 Å². The van der Waals surface area contributed by atoms with E-state index >= 15 is 0 Å².